The smallest absolute Gasteiger partial charge is 0.251 e. The van der Waals surface area contributed by atoms with Gasteiger partial charge in [-0.1, -0.05) is 68.2 Å². The number of hydrogen-bond acceptors (Lipinski definition) is 19. The van der Waals surface area contributed by atoms with Crippen molar-refractivity contribution in [3.63, 3.8) is 0 Å². The highest BCUT2D eigenvalue weighted by atomic mass is 16.5. The van der Waals surface area contributed by atoms with Gasteiger partial charge in [-0.2, -0.15) is 0 Å². The van der Waals surface area contributed by atoms with Crippen LogP contribution < -0.4 is 42.4 Å². The number of fused-ring (bicyclic) bond motifs is 2. The molecule has 3 aliphatic rings. The van der Waals surface area contributed by atoms with Gasteiger partial charge in [0.25, 0.3) is 5.91 Å². The highest BCUT2D eigenvalue weighted by molar-refractivity contribution is 6.00. The van der Waals surface area contributed by atoms with Crippen LogP contribution in [-0.2, 0) is 28.8 Å². The van der Waals surface area contributed by atoms with Crippen LogP contribution in [0.4, 0.5) is 0 Å². The molecule has 0 bridgehead atoms. The topological polar surface area (TPSA) is 401 Å². The molecule has 3 aliphatic heterocycles. The molecule has 26 heteroatoms. The van der Waals surface area contributed by atoms with Crippen molar-refractivity contribution in [2.75, 3.05) is 39.3 Å². The Morgan fingerprint density at radius 1 is 0.783 bits per heavy atom. The van der Waals surface area contributed by atoms with E-state index in [0.717, 1.165) is 41.5 Å². The molecule has 3 aromatic carbocycles. The molecular formula is C57H76N10O16. The lowest BCUT2D eigenvalue weighted by Crippen LogP contribution is -2.64. The van der Waals surface area contributed by atoms with Crippen molar-refractivity contribution in [1.82, 2.24) is 46.9 Å². The number of aromatic hydroxyl groups is 1. The number of hydrogen-bond donors (Lipinski definition) is 14. The molecule has 3 fully saturated rings. The third-order valence-corrected chi connectivity index (χ3v) is 15.1. The maximum Gasteiger partial charge on any atom is 0.251 e. The van der Waals surface area contributed by atoms with Crippen LogP contribution in [0.25, 0.3) is 22.4 Å². The normalized spacial score (nSPS) is 26.5. The van der Waals surface area contributed by atoms with Gasteiger partial charge in [0.1, 0.15) is 71.9 Å². The van der Waals surface area contributed by atoms with Crippen LogP contribution in [0.3, 0.4) is 0 Å². The number of nitrogens with zero attached hydrogens (tertiary/aromatic N) is 3. The van der Waals surface area contributed by atoms with Gasteiger partial charge in [0, 0.05) is 67.8 Å². The number of carbonyl (C=O) groups is 7. The summed E-state index contributed by atoms with van der Waals surface area (Å²) in [6, 6.07) is 6.65. The molecule has 14 atom stereocenters. The zero-order valence-corrected chi connectivity index (χ0v) is 46.6. The first-order chi connectivity index (χ1) is 39.6. The minimum Gasteiger partial charge on any atom is -0.508 e. The third-order valence-electron chi connectivity index (χ3n) is 15.1. The van der Waals surface area contributed by atoms with E-state index in [1.807, 2.05) is 24.3 Å². The highest BCUT2D eigenvalue weighted by Gasteiger charge is 2.50. The van der Waals surface area contributed by atoms with E-state index in [2.05, 4.69) is 44.0 Å². The SMILES string of the molecule is CCCCCOc1ccc(-c2conc2-c2ccc(C(=O)N[C@H]3C[C@H](NCCN)CNC(=O)[C@@H]4[C@@H](O)[C@@H](C)CN4C(=O)[C@H]([C@@H](C)O)NC(=O)[C@H]([C@H](O)[C@@H](O)c4ccc(O)cc4)NC(=O)[C@@H]4C[C@@H](O)CN4C(=O)[C@H]([C@@H](C)O)NC3=O)cc2)cc1. The van der Waals surface area contributed by atoms with Gasteiger partial charge < -0.3 is 92.4 Å². The Morgan fingerprint density at radius 3 is 2.05 bits per heavy atom. The average Bonchev–Trinajstić information content (AvgIpc) is 4.38. The molecule has 1 aromatic heterocycles. The van der Waals surface area contributed by atoms with E-state index in [0.29, 0.717) is 29.2 Å². The van der Waals surface area contributed by atoms with Crippen LogP contribution in [-0.4, -0.2) is 204 Å². The Labute approximate surface area is 479 Å². The summed E-state index contributed by atoms with van der Waals surface area (Å²) in [6.07, 6.45) is -6.81. The molecule has 0 aliphatic carbocycles. The lowest BCUT2D eigenvalue weighted by atomic mass is 9.96. The maximum atomic E-state index is 14.7. The molecule has 4 aromatic rings. The van der Waals surface area contributed by atoms with Crippen LogP contribution in [0.1, 0.15) is 81.8 Å². The van der Waals surface area contributed by atoms with Crippen LogP contribution in [0.5, 0.6) is 11.5 Å². The number of nitrogens with two attached hydrogens (primary N) is 1. The van der Waals surface area contributed by atoms with Gasteiger partial charge in [-0.15, -0.1) is 0 Å². The average molecular weight is 1160 g/mol. The Balaban J connectivity index is 1.22. The predicted molar refractivity (Wildman–Crippen MR) is 297 cm³/mol. The predicted octanol–water partition coefficient (Wildman–Crippen LogP) is -1.70. The number of nitrogens with one attached hydrogen (secondary N) is 6. The van der Waals surface area contributed by atoms with Crippen molar-refractivity contribution in [1.29, 1.82) is 0 Å². The Bertz CT molecular complexity index is 2870. The maximum absolute atomic E-state index is 14.7. The molecule has 0 radical (unpaired) electrons. The Morgan fingerprint density at radius 2 is 1.41 bits per heavy atom. The lowest BCUT2D eigenvalue weighted by Gasteiger charge is -2.34. The second kappa shape index (κ2) is 28.6. The molecule has 4 heterocycles. The van der Waals surface area contributed by atoms with Crippen molar-refractivity contribution in [3.05, 3.63) is 90.2 Å². The Kier molecular flexibility index (Phi) is 21.7. The standard InChI is InChI=1S/C57H76N10O16/c1-5-6-7-22-82-39-18-14-32(15-19-39)40-28-83-65-45(40)33-8-10-35(11-9-33)51(75)61-41-23-36(59-21-20-58)25-60-55(79)47-48(72)29(2)26-67(47)57(81)44(31(4)69)63-54(78)46(50(74)49(73)34-12-16-37(70)17-13-34)64-53(77)42-24-38(71)27-66(42)56(80)43(30(3)68)62-52(41)76/h8-19,28-31,36,38,41-44,46-50,59,68-74H,5-7,20-27,58H2,1-4H3,(H,60,79)(H,61,75)(H,62,76)(H,63,78)(H,64,77)/t29-,30+,31+,36-,38+,41-,42-,43-,44-,46-,47-,48-,49-,50-/m0/s1. The number of aromatic nitrogens is 1. The number of aliphatic hydroxyl groups is 6. The van der Waals surface area contributed by atoms with Crippen molar-refractivity contribution in [3.8, 4) is 33.9 Å². The minimum absolute atomic E-state index is 0.0491. The molecular weight excluding hydrogens is 1080 g/mol. The zero-order valence-electron chi connectivity index (χ0n) is 46.6. The van der Waals surface area contributed by atoms with E-state index < -0.39 is 139 Å². The van der Waals surface area contributed by atoms with Crippen LogP contribution in [0.15, 0.2) is 83.6 Å². The first-order valence-corrected chi connectivity index (χ1v) is 27.8. The molecule has 0 unspecified atom stereocenters. The highest BCUT2D eigenvalue weighted by Crippen LogP contribution is 2.33. The van der Waals surface area contributed by atoms with E-state index in [9.17, 15) is 69.3 Å². The fraction of sp³-hybridized carbons (Fsp3) is 0.509. The van der Waals surface area contributed by atoms with E-state index >= 15 is 0 Å². The number of carbonyl (C=O) groups excluding carboxylic acids is 7. The van der Waals surface area contributed by atoms with E-state index in [4.69, 9.17) is 15.0 Å². The third kappa shape index (κ3) is 15.4. The van der Waals surface area contributed by atoms with Crippen molar-refractivity contribution in [2.45, 2.75) is 139 Å². The first kappa shape index (κ1) is 63.0. The van der Waals surface area contributed by atoms with Crippen molar-refractivity contribution in [2.24, 2.45) is 11.7 Å². The molecule has 450 valence electrons. The van der Waals surface area contributed by atoms with E-state index in [1.54, 1.807) is 19.1 Å². The number of amides is 7. The molecule has 0 saturated carbocycles. The number of phenols is 1. The summed E-state index contributed by atoms with van der Waals surface area (Å²) >= 11 is 0. The second-order valence-corrected chi connectivity index (χ2v) is 21.4. The van der Waals surface area contributed by atoms with E-state index in [-0.39, 0.29) is 49.5 Å². The number of benzene rings is 3. The largest absolute Gasteiger partial charge is 0.508 e. The van der Waals surface area contributed by atoms with Crippen LogP contribution in [0, 0.1) is 5.92 Å². The molecule has 15 N–H and O–H groups in total. The molecule has 83 heavy (non-hydrogen) atoms. The van der Waals surface area contributed by atoms with E-state index in [1.165, 1.54) is 49.6 Å². The van der Waals surface area contributed by atoms with Crippen LogP contribution >= 0.6 is 0 Å². The number of unbranched alkanes of at least 4 members (excludes halogenated alkanes) is 2. The monoisotopic (exact) mass is 1160 g/mol. The zero-order chi connectivity index (χ0) is 60.2. The van der Waals surface area contributed by atoms with Gasteiger partial charge in [0.15, 0.2) is 0 Å². The molecule has 7 rings (SSSR count). The van der Waals surface area contributed by atoms with Crippen LogP contribution in [0.2, 0.25) is 0 Å². The molecule has 7 amide bonds. The van der Waals surface area contributed by atoms with Gasteiger partial charge in [-0.05, 0) is 74.2 Å². The van der Waals surface area contributed by atoms with Gasteiger partial charge in [-0.3, -0.25) is 33.6 Å². The summed E-state index contributed by atoms with van der Waals surface area (Å²) in [5.41, 5.74) is 8.40. The fourth-order valence-corrected chi connectivity index (χ4v) is 10.4. The molecule has 0 spiro atoms. The summed E-state index contributed by atoms with van der Waals surface area (Å²) in [4.78, 5) is 103. The van der Waals surface area contributed by atoms with Crippen molar-refractivity contribution < 1.29 is 78.6 Å². The number of rotatable bonds is 17. The molecule has 3 saturated heterocycles. The minimum atomic E-state index is -2.26. The quantitative estimate of drug-likeness (QED) is 0.0524. The van der Waals surface area contributed by atoms with Gasteiger partial charge in [0.05, 0.1) is 31.0 Å². The van der Waals surface area contributed by atoms with Gasteiger partial charge in [-0.25, -0.2) is 0 Å². The van der Waals surface area contributed by atoms with Gasteiger partial charge >= 0.3 is 0 Å². The Hall–Kier alpha value is -7.56. The molecule has 26 nitrogen and oxygen atoms in total. The summed E-state index contributed by atoms with van der Waals surface area (Å²) in [7, 11) is 0. The number of ether oxygens (including phenoxy) is 1. The first-order valence-electron chi connectivity index (χ1n) is 27.8. The van der Waals surface area contributed by atoms with Gasteiger partial charge in [0.2, 0.25) is 35.4 Å². The second-order valence-electron chi connectivity index (χ2n) is 21.4. The summed E-state index contributed by atoms with van der Waals surface area (Å²) in [6.45, 7) is 5.61. The fourth-order valence-electron chi connectivity index (χ4n) is 10.4. The lowest BCUT2D eigenvalue weighted by molar-refractivity contribution is -0.147. The van der Waals surface area contributed by atoms with Crippen molar-refractivity contribution >= 4 is 41.4 Å². The number of phenolic OH excluding ortho intramolecular Hbond substituents is 1. The summed E-state index contributed by atoms with van der Waals surface area (Å²) < 4.78 is 11.2. The summed E-state index contributed by atoms with van der Waals surface area (Å²) in [5.74, 6) is -7.66. The number of aliphatic hydroxyl groups excluding tert-OH is 6. The summed E-state index contributed by atoms with van der Waals surface area (Å²) in [5, 5.41) is 97.6.